The minimum absolute atomic E-state index is 0.0235. The van der Waals surface area contributed by atoms with Gasteiger partial charge in [0.25, 0.3) is 0 Å². The lowest BCUT2D eigenvalue weighted by atomic mass is 9.98. The van der Waals surface area contributed by atoms with Crippen molar-refractivity contribution in [1.29, 1.82) is 15.8 Å². The summed E-state index contributed by atoms with van der Waals surface area (Å²) in [6, 6.07) is 48.5. The van der Waals surface area contributed by atoms with Gasteiger partial charge in [-0.25, -0.2) is 57.2 Å². The molecular weight excluding hydrogens is 1810 g/mol. The number of benzene rings is 9. The quantitative estimate of drug-likeness (QED) is 0.0408. The van der Waals surface area contributed by atoms with Crippen LogP contribution in [0.2, 0.25) is 19.4 Å². The van der Waals surface area contributed by atoms with Crippen molar-refractivity contribution < 1.29 is 90.8 Å². The second kappa shape index (κ2) is 37.9. The van der Waals surface area contributed by atoms with Crippen LogP contribution in [0.1, 0.15) is 171 Å². The lowest BCUT2D eigenvalue weighted by Crippen LogP contribution is -2.12. The molecule has 124 heavy (non-hydrogen) atoms. The van der Waals surface area contributed by atoms with Crippen LogP contribution in [0.4, 0.5) is 17.6 Å². The van der Waals surface area contributed by atoms with Crippen LogP contribution >= 0.6 is 69.1 Å². The van der Waals surface area contributed by atoms with Gasteiger partial charge < -0.3 is 20.4 Å². The molecule has 634 valence electrons. The van der Waals surface area contributed by atoms with Crippen molar-refractivity contribution in [2.75, 3.05) is 0 Å². The van der Waals surface area contributed by atoms with E-state index in [0.29, 0.717) is 82.5 Å². The number of nitriles is 3. The number of nitrogens with zero attached hydrogens (tertiary/aromatic N) is 5. The van der Waals surface area contributed by atoms with Gasteiger partial charge in [-0.2, -0.15) is 29.0 Å². The number of rotatable bonds is 24. The molecule has 35 heteroatoms. The topological polar surface area (TPSA) is 383 Å². The number of carbonyl (C=O) groups is 4. The predicted molar refractivity (Wildman–Crippen MR) is 460 cm³/mol. The SMILES string of the molecule is CCc1ccc(C(=O)O)cc1S(=O)(=O)Cc1cc(C(F)(F)F)ccc1-c1cncs1.N#Cc1cc(CS(=O)(=O)c2cc(C(=O)O)ccc2C2CC2)c(-c2ccc(Cl)s2)cc1Cl.N#Cc1cc(CS(=O)(=O)c2cc(C(=O)O)ccc2C2CC2)c(-c2cccc(F)c2)cc1Cl.N#Cc1cc(CS(=O)(=O)c2cc(C(=O)O)ccc2C2CC2)c(-c2ccccn2)cc1Cl. The van der Waals surface area contributed by atoms with Gasteiger partial charge in [-0.05, 0) is 263 Å². The number of sulfone groups is 4. The van der Waals surface area contributed by atoms with Crippen LogP contribution in [0.3, 0.4) is 0 Å². The van der Waals surface area contributed by atoms with Crippen LogP contribution in [0.15, 0.2) is 219 Å². The molecule has 0 saturated heterocycles. The third-order valence-electron chi connectivity index (χ3n) is 20.2. The molecule has 15 rings (SSSR count). The molecule has 12 aromatic rings. The third-order valence-corrected chi connectivity index (χ3v) is 30.1. The van der Waals surface area contributed by atoms with Gasteiger partial charge >= 0.3 is 30.1 Å². The summed E-state index contributed by atoms with van der Waals surface area (Å²) in [5.74, 6) is -7.09. The Balaban J connectivity index is 0.000000151. The molecule has 0 atom stereocenters. The van der Waals surface area contributed by atoms with Gasteiger partial charge in [0.15, 0.2) is 39.3 Å². The standard InChI is InChI=1S/C24H17ClFNO4S.C23H17ClN2O4S.C22H15Cl2NO4S2.C20H16F3NO4S2/c25-22-11-21(15-2-1-3-19(26)9-15)18(8-17(22)12-27)13-32(30,31)23-10-16(24(28)29)6-7-20(23)14-4-5-14;24-20-11-19(21-3-1-2-8-26-21)17(9-16(20)12-25)13-31(29,30)22-10-15(23(27)28)6-7-18(22)14-4-5-14;23-18-9-17(19-5-6-21(24)30-19)15(7-14(18)10-25)11-31(28,29)20-8-13(22(26)27)3-4-16(20)12-1-2-12;1-2-12-3-4-13(19(25)26)8-18(12)30(27,28)10-14-7-15(20(21,22)23)5-6-16(14)17-9-24-11-29-17/h1-3,6-11,14H,4-5,13H2,(H,28,29);1-3,6-11,14H,4-5,13H2,(H,27,28);3-9,12H,1-2,11H2,(H,26,27);3-9,11H,2,10H2,1H3,(H,25,26). The summed E-state index contributed by atoms with van der Waals surface area (Å²) < 4.78 is 161. The van der Waals surface area contributed by atoms with Crippen LogP contribution < -0.4 is 0 Å². The molecule has 21 nitrogen and oxygen atoms in total. The molecular formula is C89H65Cl4F4N5O16S6. The van der Waals surface area contributed by atoms with Crippen molar-refractivity contribution in [3.05, 3.63) is 314 Å². The number of aromatic carboxylic acids is 4. The molecule has 0 radical (unpaired) electrons. The minimum atomic E-state index is -4.64. The minimum Gasteiger partial charge on any atom is -0.478 e. The van der Waals surface area contributed by atoms with Gasteiger partial charge in [-0.1, -0.05) is 102 Å². The Morgan fingerprint density at radius 1 is 0.452 bits per heavy atom. The Bertz CT molecular complexity index is 6910. The van der Waals surface area contributed by atoms with E-state index in [-0.39, 0.29) is 102 Å². The Kier molecular flexibility index (Phi) is 28.0. The first-order chi connectivity index (χ1) is 58.7. The molecule has 3 fully saturated rings. The van der Waals surface area contributed by atoms with E-state index >= 15 is 0 Å². The number of aryl methyl sites for hydroxylation is 1. The second-order valence-electron chi connectivity index (χ2n) is 28.9. The third kappa shape index (κ3) is 21.8. The van der Waals surface area contributed by atoms with Gasteiger partial charge in [0, 0.05) is 22.8 Å². The largest absolute Gasteiger partial charge is 0.478 e. The summed E-state index contributed by atoms with van der Waals surface area (Å²) >= 11 is 27.1. The zero-order chi connectivity index (χ0) is 89.7. The maximum absolute atomic E-state index is 13.8. The molecule has 0 spiro atoms. The number of pyridine rings is 1. The van der Waals surface area contributed by atoms with Crippen molar-refractivity contribution in [2.24, 2.45) is 0 Å². The Labute approximate surface area is 737 Å². The van der Waals surface area contributed by atoms with Crippen molar-refractivity contribution >= 4 is 132 Å². The Morgan fingerprint density at radius 3 is 1.26 bits per heavy atom. The van der Waals surface area contributed by atoms with Crippen LogP contribution in [-0.4, -0.2) is 87.9 Å². The Hall–Kier alpha value is -11.5. The molecule has 3 saturated carbocycles. The first-order valence-electron chi connectivity index (χ1n) is 37.3. The molecule has 4 N–H and O–H groups in total. The first kappa shape index (κ1) is 91.7. The molecule has 3 aromatic heterocycles. The zero-order valence-electron chi connectivity index (χ0n) is 64.5. The fourth-order valence-corrected chi connectivity index (χ4v) is 23.0. The van der Waals surface area contributed by atoms with Crippen molar-refractivity contribution in [3.63, 3.8) is 0 Å². The fraction of sp³-hybridized carbons (Fsp3) is 0.180. The predicted octanol–water partition coefficient (Wildman–Crippen LogP) is 21.6. The molecule has 3 aliphatic rings. The van der Waals surface area contributed by atoms with Crippen LogP contribution in [0, 0.1) is 39.8 Å². The number of thiophene rings is 1. The molecule has 9 aromatic carbocycles. The summed E-state index contributed by atoms with van der Waals surface area (Å²) in [5, 5.41) is 65.9. The molecule has 0 unspecified atom stereocenters. The van der Waals surface area contributed by atoms with E-state index < -0.39 is 104 Å². The number of alkyl halides is 3. The fourth-order valence-electron chi connectivity index (χ4n) is 13.7. The second-order valence-corrected chi connectivity index (χ2v) is 40.5. The van der Waals surface area contributed by atoms with Crippen LogP contribution in [0.5, 0.6) is 0 Å². The van der Waals surface area contributed by atoms with Crippen LogP contribution in [-0.2, 0) is 75.0 Å². The number of carboxylic acids is 4. The maximum Gasteiger partial charge on any atom is 0.416 e. The van der Waals surface area contributed by atoms with Gasteiger partial charge in [0.05, 0.1) is 123 Å². The number of thiazole rings is 1. The van der Waals surface area contributed by atoms with E-state index in [0.717, 1.165) is 61.6 Å². The van der Waals surface area contributed by atoms with E-state index in [2.05, 4.69) is 9.97 Å². The van der Waals surface area contributed by atoms with Crippen molar-refractivity contribution in [3.8, 4) is 61.5 Å². The summed E-state index contributed by atoms with van der Waals surface area (Å²) in [6.45, 7) is 1.71. The summed E-state index contributed by atoms with van der Waals surface area (Å²) in [6.07, 6.45) is 3.86. The van der Waals surface area contributed by atoms with E-state index in [1.807, 2.05) is 18.2 Å². The van der Waals surface area contributed by atoms with Crippen molar-refractivity contribution in [1.82, 2.24) is 9.97 Å². The highest BCUT2D eigenvalue weighted by molar-refractivity contribution is 7.91. The average Bonchev–Trinajstić information content (AvgIpc) is 1.68. The highest BCUT2D eigenvalue weighted by Gasteiger charge is 2.37. The number of aromatic nitrogens is 2. The zero-order valence-corrected chi connectivity index (χ0v) is 72.4. The maximum atomic E-state index is 13.8. The lowest BCUT2D eigenvalue weighted by Gasteiger charge is -2.15. The van der Waals surface area contributed by atoms with Gasteiger partial charge in [-0.15, -0.1) is 22.7 Å². The average molecular weight is 1870 g/mol. The van der Waals surface area contributed by atoms with Gasteiger partial charge in [0.2, 0.25) is 0 Å². The number of hydrogen-bond acceptors (Lipinski definition) is 19. The normalized spacial score (nSPS) is 13.2. The lowest BCUT2D eigenvalue weighted by molar-refractivity contribution is -0.137. The smallest absolute Gasteiger partial charge is 0.416 e. The molecule has 3 aliphatic carbocycles. The van der Waals surface area contributed by atoms with Crippen LogP contribution in [0.25, 0.3) is 43.3 Å². The highest BCUT2D eigenvalue weighted by atomic mass is 35.5. The van der Waals surface area contributed by atoms with E-state index in [9.17, 15) is 107 Å². The van der Waals surface area contributed by atoms with Gasteiger partial charge in [-0.3, -0.25) is 9.97 Å². The van der Waals surface area contributed by atoms with Crippen molar-refractivity contribution in [2.45, 2.75) is 118 Å². The molecule has 0 amide bonds. The summed E-state index contributed by atoms with van der Waals surface area (Å²) in [4.78, 5) is 54.9. The van der Waals surface area contributed by atoms with E-state index in [1.165, 1.54) is 131 Å². The number of carboxylic acid groups (broad SMARTS) is 4. The highest BCUT2D eigenvalue weighted by Crippen LogP contribution is 2.48. The first-order valence-corrected chi connectivity index (χ1v) is 47.1. The number of hydrogen-bond donors (Lipinski definition) is 4. The van der Waals surface area contributed by atoms with E-state index in [1.54, 1.807) is 79.9 Å². The molecule has 0 bridgehead atoms. The Morgan fingerprint density at radius 2 is 0.871 bits per heavy atom. The summed E-state index contributed by atoms with van der Waals surface area (Å²) in [7, 11) is -16.0. The molecule has 3 heterocycles. The number of halogens is 8. The monoisotopic (exact) mass is 1870 g/mol. The summed E-state index contributed by atoms with van der Waals surface area (Å²) in [5.41, 5.74) is 6.52. The van der Waals surface area contributed by atoms with Gasteiger partial charge in [0.1, 0.15) is 24.0 Å². The van der Waals surface area contributed by atoms with E-state index in [4.69, 9.17) is 46.4 Å². The molecule has 0 aliphatic heterocycles.